The molecule has 2 heterocycles. The lowest BCUT2D eigenvalue weighted by Gasteiger charge is -2.33. The molecular weight excluding hydrogens is 394 g/mol. The van der Waals surface area contributed by atoms with Gasteiger partial charge >= 0.3 is 0 Å². The van der Waals surface area contributed by atoms with Crippen molar-refractivity contribution < 1.29 is 14.6 Å². The molecule has 1 fully saturated rings. The molecular formula is C23H37N5O3. The molecule has 0 spiro atoms. The summed E-state index contributed by atoms with van der Waals surface area (Å²) in [7, 11) is 3.79. The average molecular weight is 432 g/mol. The number of aliphatic hydroxyl groups excluding tert-OH is 1. The van der Waals surface area contributed by atoms with E-state index >= 15 is 0 Å². The number of aliphatic hydroxyl groups is 1. The van der Waals surface area contributed by atoms with E-state index < -0.39 is 6.10 Å². The number of likely N-dealkylation sites (N-methyl/N-ethyl adjacent to an activating group) is 2. The predicted molar refractivity (Wildman–Crippen MR) is 122 cm³/mol. The Bertz CT molecular complexity index is 763. The molecule has 8 heteroatoms. The Morgan fingerprint density at radius 2 is 2.03 bits per heavy atom. The number of aromatic nitrogens is 2. The first-order valence-electron chi connectivity index (χ1n) is 11.2. The lowest BCUT2D eigenvalue weighted by Crippen LogP contribution is -2.47. The number of β-amino-alcohol motifs (C(OH)–C–C–N with tert-alkyl or cyclic N) is 1. The predicted octanol–water partition coefficient (Wildman–Crippen LogP) is 1.40. The maximum atomic E-state index is 10.5. The second-order valence-corrected chi connectivity index (χ2v) is 8.18. The van der Waals surface area contributed by atoms with Gasteiger partial charge in [0, 0.05) is 69.8 Å². The zero-order valence-electron chi connectivity index (χ0n) is 19.1. The van der Waals surface area contributed by atoms with E-state index in [4.69, 9.17) is 9.47 Å². The molecule has 172 valence electrons. The van der Waals surface area contributed by atoms with Crippen LogP contribution in [0, 0.1) is 0 Å². The van der Waals surface area contributed by atoms with Crippen molar-refractivity contribution in [2.75, 3.05) is 66.6 Å². The van der Waals surface area contributed by atoms with Crippen molar-refractivity contribution in [1.82, 2.24) is 24.5 Å². The van der Waals surface area contributed by atoms with E-state index in [0.717, 1.165) is 69.4 Å². The van der Waals surface area contributed by atoms with Crippen LogP contribution in [-0.4, -0.2) is 102 Å². The molecule has 1 aromatic heterocycles. The van der Waals surface area contributed by atoms with E-state index in [1.165, 1.54) is 0 Å². The van der Waals surface area contributed by atoms with Crippen LogP contribution in [0.1, 0.15) is 12.5 Å². The van der Waals surface area contributed by atoms with Gasteiger partial charge in [0.05, 0.1) is 13.7 Å². The minimum atomic E-state index is -0.524. The summed E-state index contributed by atoms with van der Waals surface area (Å²) in [5, 5.41) is 14.8. The average Bonchev–Trinajstić information content (AvgIpc) is 3.31. The molecule has 1 saturated heterocycles. The summed E-state index contributed by atoms with van der Waals surface area (Å²) in [4.78, 5) is 6.97. The fraction of sp³-hybridized carbons (Fsp3) is 0.609. The maximum absolute atomic E-state index is 10.5. The summed E-state index contributed by atoms with van der Waals surface area (Å²) in [6.07, 6.45) is 3.26. The van der Waals surface area contributed by atoms with E-state index in [-0.39, 0.29) is 6.61 Å². The highest BCUT2D eigenvalue weighted by molar-refractivity contribution is 5.40. The van der Waals surface area contributed by atoms with Crippen LogP contribution in [0.2, 0.25) is 0 Å². The van der Waals surface area contributed by atoms with Crippen LogP contribution in [0.5, 0.6) is 11.5 Å². The first-order chi connectivity index (χ1) is 15.1. The van der Waals surface area contributed by atoms with Crippen LogP contribution >= 0.6 is 0 Å². The molecule has 1 atom stereocenters. The van der Waals surface area contributed by atoms with Crippen LogP contribution in [-0.2, 0) is 13.1 Å². The smallest absolute Gasteiger partial charge is 0.127 e. The zero-order chi connectivity index (χ0) is 22.1. The van der Waals surface area contributed by atoms with E-state index in [1.54, 1.807) is 13.3 Å². The number of methoxy groups -OCH3 is 1. The zero-order valence-corrected chi connectivity index (χ0v) is 19.1. The third kappa shape index (κ3) is 7.50. The molecule has 1 N–H and O–H groups in total. The molecule has 0 bridgehead atoms. The van der Waals surface area contributed by atoms with Gasteiger partial charge < -0.3 is 19.5 Å². The molecule has 0 radical (unpaired) electrons. The molecule has 2 aromatic rings. The quantitative estimate of drug-likeness (QED) is 0.545. The van der Waals surface area contributed by atoms with Crippen LogP contribution in [0.25, 0.3) is 0 Å². The van der Waals surface area contributed by atoms with Gasteiger partial charge in [-0.3, -0.25) is 14.5 Å². The number of benzene rings is 1. The van der Waals surface area contributed by atoms with Gasteiger partial charge in [0.15, 0.2) is 0 Å². The van der Waals surface area contributed by atoms with Crippen molar-refractivity contribution in [3.05, 3.63) is 42.2 Å². The molecule has 0 aliphatic carbocycles. The number of hydrogen-bond acceptors (Lipinski definition) is 7. The van der Waals surface area contributed by atoms with Crippen LogP contribution < -0.4 is 9.47 Å². The monoisotopic (exact) mass is 431 g/mol. The first-order valence-corrected chi connectivity index (χ1v) is 11.2. The topological polar surface area (TPSA) is 66.2 Å². The Morgan fingerprint density at radius 1 is 1.23 bits per heavy atom. The van der Waals surface area contributed by atoms with Crippen LogP contribution in [0.15, 0.2) is 36.7 Å². The molecule has 8 nitrogen and oxygen atoms in total. The fourth-order valence-electron chi connectivity index (χ4n) is 3.76. The summed E-state index contributed by atoms with van der Waals surface area (Å²) in [6, 6.07) is 7.88. The second kappa shape index (κ2) is 12.0. The summed E-state index contributed by atoms with van der Waals surface area (Å²) in [5.41, 5.74) is 1.09. The molecule has 3 rings (SSSR count). The number of nitrogens with zero attached hydrogens (tertiary/aromatic N) is 5. The van der Waals surface area contributed by atoms with Crippen molar-refractivity contribution in [3.8, 4) is 11.5 Å². The Morgan fingerprint density at radius 3 is 2.71 bits per heavy atom. The minimum Gasteiger partial charge on any atom is -0.497 e. The lowest BCUT2D eigenvalue weighted by molar-refractivity contribution is 0.0499. The van der Waals surface area contributed by atoms with Crippen molar-refractivity contribution >= 4 is 0 Å². The largest absolute Gasteiger partial charge is 0.497 e. The van der Waals surface area contributed by atoms with Gasteiger partial charge in [-0.25, -0.2) is 0 Å². The highest BCUT2D eigenvalue weighted by Gasteiger charge is 2.18. The Balaban J connectivity index is 1.56. The minimum absolute atomic E-state index is 0.270. The van der Waals surface area contributed by atoms with E-state index in [9.17, 15) is 5.11 Å². The Hall–Kier alpha value is -2.13. The van der Waals surface area contributed by atoms with Gasteiger partial charge in [0.1, 0.15) is 24.2 Å². The van der Waals surface area contributed by atoms with E-state index in [0.29, 0.717) is 6.54 Å². The Labute approximate surface area is 185 Å². The van der Waals surface area contributed by atoms with E-state index in [1.807, 2.05) is 29.1 Å². The number of piperazine rings is 1. The van der Waals surface area contributed by atoms with Crippen molar-refractivity contribution in [2.45, 2.75) is 26.1 Å². The lowest BCUT2D eigenvalue weighted by atomic mass is 10.1. The SMILES string of the molecule is CCN(CCn1cccn1)Cc1ccc(OC)cc1OC[C@H](O)CN1CCN(C)CC1. The van der Waals surface area contributed by atoms with Gasteiger partial charge in [0.25, 0.3) is 0 Å². The van der Waals surface area contributed by atoms with Crippen molar-refractivity contribution in [2.24, 2.45) is 0 Å². The van der Waals surface area contributed by atoms with Gasteiger partial charge in [-0.15, -0.1) is 0 Å². The van der Waals surface area contributed by atoms with Gasteiger partial charge in [-0.1, -0.05) is 13.0 Å². The molecule has 0 unspecified atom stereocenters. The Kier molecular flexibility index (Phi) is 9.14. The second-order valence-electron chi connectivity index (χ2n) is 8.18. The summed E-state index contributed by atoms with van der Waals surface area (Å²) in [5.74, 6) is 1.53. The van der Waals surface area contributed by atoms with Crippen LogP contribution in [0.3, 0.4) is 0 Å². The fourth-order valence-corrected chi connectivity index (χ4v) is 3.76. The maximum Gasteiger partial charge on any atom is 0.127 e. The summed E-state index contributed by atoms with van der Waals surface area (Å²) < 4.78 is 13.4. The molecule has 1 aromatic carbocycles. The standard InChI is InChI=1S/C23H37N5O3/c1-4-26(14-15-28-9-5-8-24-28)17-20-6-7-22(30-3)16-23(20)31-19-21(29)18-27-12-10-25(2)11-13-27/h5-9,16,21,29H,4,10-15,17-19H2,1-3H3/t21-/m1/s1. The van der Waals surface area contributed by atoms with Gasteiger partial charge in [-0.05, 0) is 25.7 Å². The molecule has 0 saturated carbocycles. The normalized spacial score (nSPS) is 16.5. The van der Waals surface area contributed by atoms with E-state index in [2.05, 4.69) is 39.8 Å². The van der Waals surface area contributed by atoms with Crippen LogP contribution in [0.4, 0.5) is 0 Å². The molecule has 0 amide bonds. The summed E-state index contributed by atoms with van der Waals surface area (Å²) in [6.45, 7) is 10.6. The van der Waals surface area contributed by atoms with Gasteiger partial charge in [0.2, 0.25) is 0 Å². The number of ether oxygens (including phenoxy) is 2. The third-order valence-electron chi connectivity index (χ3n) is 5.82. The molecule has 1 aliphatic rings. The third-order valence-corrected chi connectivity index (χ3v) is 5.82. The summed E-state index contributed by atoms with van der Waals surface area (Å²) >= 11 is 0. The van der Waals surface area contributed by atoms with Crippen molar-refractivity contribution in [1.29, 1.82) is 0 Å². The highest BCUT2D eigenvalue weighted by atomic mass is 16.5. The van der Waals surface area contributed by atoms with Crippen molar-refractivity contribution in [3.63, 3.8) is 0 Å². The number of hydrogen-bond donors (Lipinski definition) is 1. The molecule has 1 aliphatic heterocycles. The first kappa shape index (κ1) is 23.5. The van der Waals surface area contributed by atoms with Gasteiger partial charge in [-0.2, -0.15) is 5.10 Å². The number of rotatable bonds is 12. The molecule has 31 heavy (non-hydrogen) atoms. The highest BCUT2D eigenvalue weighted by Crippen LogP contribution is 2.26.